The molecule has 4 aromatic heterocycles. The van der Waals surface area contributed by atoms with E-state index in [1.807, 2.05) is 23.6 Å². The Morgan fingerprint density at radius 3 is 2.96 bits per heavy atom. The summed E-state index contributed by atoms with van der Waals surface area (Å²) in [4.78, 5) is 15.3. The van der Waals surface area contributed by atoms with E-state index < -0.39 is 0 Å². The van der Waals surface area contributed by atoms with Crippen LogP contribution in [0.25, 0.3) is 16.2 Å². The maximum Gasteiger partial charge on any atom is 0.229 e. The van der Waals surface area contributed by atoms with E-state index >= 15 is 0 Å². The molecule has 4 aromatic rings. The standard InChI is InChI=1S/C19H19N7OS/c27-14-2-1-8-25(12-14)17-5-6-20-11-16(17)23-19-22-10-13-3-4-15(24-26(13)19)18-21-7-9-28-18/h3-7,9-11,14,27H,1-2,8,12H2,(H,22,23)/t14-/m1/s1. The average Bonchev–Trinajstić information content (AvgIpc) is 3.39. The molecule has 1 fully saturated rings. The highest BCUT2D eigenvalue weighted by Gasteiger charge is 2.21. The number of pyridine rings is 1. The smallest absolute Gasteiger partial charge is 0.229 e. The molecule has 142 valence electrons. The summed E-state index contributed by atoms with van der Waals surface area (Å²) in [6.07, 6.45) is 8.61. The number of hydrogen-bond donors (Lipinski definition) is 2. The molecule has 28 heavy (non-hydrogen) atoms. The minimum Gasteiger partial charge on any atom is -0.391 e. The number of hydrogen-bond acceptors (Lipinski definition) is 8. The Labute approximate surface area is 165 Å². The molecule has 0 spiro atoms. The monoisotopic (exact) mass is 393 g/mol. The van der Waals surface area contributed by atoms with Crippen molar-refractivity contribution in [3.63, 3.8) is 0 Å². The van der Waals surface area contributed by atoms with Crippen LogP contribution in [0.3, 0.4) is 0 Å². The van der Waals surface area contributed by atoms with E-state index in [2.05, 4.69) is 25.2 Å². The quantitative estimate of drug-likeness (QED) is 0.551. The van der Waals surface area contributed by atoms with Gasteiger partial charge < -0.3 is 15.3 Å². The topological polar surface area (TPSA) is 91.5 Å². The van der Waals surface area contributed by atoms with Crippen molar-refractivity contribution in [2.75, 3.05) is 23.3 Å². The van der Waals surface area contributed by atoms with Crippen molar-refractivity contribution in [3.8, 4) is 10.7 Å². The van der Waals surface area contributed by atoms with Gasteiger partial charge in [0.1, 0.15) is 10.7 Å². The maximum atomic E-state index is 10.0. The maximum absolute atomic E-state index is 10.0. The third-order valence-electron chi connectivity index (χ3n) is 4.82. The fourth-order valence-electron chi connectivity index (χ4n) is 3.49. The molecule has 0 aliphatic carbocycles. The van der Waals surface area contributed by atoms with Crippen LogP contribution in [-0.2, 0) is 0 Å². The number of rotatable bonds is 4. The van der Waals surface area contributed by atoms with Crippen LogP contribution < -0.4 is 10.2 Å². The van der Waals surface area contributed by atoms with E-state index in [9.17, 15) is 5.11 Å². The number of fused-ring (bicyclic) bond motifs is 1. The van der Waals surface area contributed by atoms with E-state index in [0.717, 1.165) is 47.0 Å². The Morgan fingerprint density at radius 2 is 2.11 bits per heavy atom. The van der Waals surface area contributed by atoms with E-state index in [4.69, 9.17) is 5.10 Å². The average molecular weight is 393 g/mol. The number of anilines is 3. The van der Waals surface area contributed by atoms with Gasteiger partial charge in [-0.3, -0.25) is 4.98 Å². The summed E-state index contributed by atoms with van der Waals surface area (Å²) < 4.78 is 1.78. The molecule has 0 saturated carbocycles. The van der Waals surface area contributed by atoms with Crippen molar-refractivity contribution in [2.45, 2.75) is 18.9 Å². The van der Waals surface area contributed by atoms with Crippen LogP contribution in [0.15, 0.2) is 48.4 Å². The summed E-state index contributed by atoms with van der Waals surface area (Å²) >= 11 is 1.55. The largest absolute Gasteiger partial charge is 0.391 e. The first-order valence-electron chi connectivity index (χ1n) is 9.16. The lowest BCUT2D eigenvalue weighted by Crippen LogP contribution is -2.38. The molecule has 1 aliphatic rings. The zero-order chi connectivity index (χ0) is 18.9. The second-order valence-electron chi connectivity index (χ2n) is 6.73. The number of aliphatic hydroxyl groups excluding tert-OH is 1. The normalized spacial score (nSPS) is 17.2. The number of nitrogens with zero attached hydrogens (tertiary/aromatic N) is 6. The fourth-order valence-corrected chi connectivity index (χ4v) is 4.09. The number of aliphatic hydroxyl groups is 1. The number of imidazole rings is 1. The molecule has 1 atom stereocenters. The highest BCUT2D eigenvalue weighted by Crippen LogP contribution is 2.30. The lowest BCUT2D eigenvalue weighted by atomic mass is 10.1. The van der Waals surface area contributed by atoms with Crippen molar-refractivity contribution in [1.29, 1.82) is 0 Å². The molecule has 0 bridgehead atoms. The Bertz CT molecular complexity index is 1090. The third-order valence-corrected chi connectivity index (χ3v) is 5.61. The number of thiazole rings is 1. The van der Waals surface area contributed by atoms with Crippen LogP contribution in [0.2, 0.25) is 0 Å². The molecule has 0 unspecified atom stereocenters. The molecule has 0 aromatic carbocycles. The first-order valence-corrected chi connectivity index (χ1v) is 10.0. The van der Waals surface area contributed by atoms with Crippen molar-refractivity contribution < 1.29 is 5.11 Å². The summed E-state index contributed by atoms with van der Waals surface area (Å²) in [6.45, 7) is 1.53. The van der Waals surface area contributed by atoms with Crippen LogP contribution in [-0.4, -0.2) is 48.9 Å². The number of piperidine rings is 1. The van der Waals surface area contributed by atoms with Gasteiger partial charge in [0.2, 0.25) is 5.95 Å². The van der Waals surface area contributed by atoms with Gasteiger partial charge in [-0.25, -0.2) is 9.97 Å². The van der Waals surface area contributed by atoms with Gasteiger partial charge in [-0.2, -0.15) is 9.61 Å². The predicted molar refractivity (Wildman–Crippen MR) is 109 cm³/mol. The molecule has 5 rings (SSSR count). The first kappa shape index (κ1) is 17.1. The second-order valence-corrected chi connectivity index (χ2v) is 7.63. The van der Waals surface area contributed by atoms with E-state index in [1.54, 1.807) is 40.6 Å². The first-order chi connectivity index (χ1) is 13.8. The van der Waals surface area contributed by atoms with Crippen molar-refractivity contribution >= 4 is 34.2 Å². The van der Waals surface area contributed by atoms with E-state index in [1.165, 1.54) is 0 Å². The van der Waals surface area contributed by atoms with Crippen molar-refractivity contribution in [3.05, 3.63) is 48.4 Å². The molecule has 5 heterocycles. The van der Waals surface area contributed by atoms with Gasteiger partial charge in [0.25, 0.3) is 0 Å². The number of aromatic nitrogens is 5. The molecule has 8 nitrogen and oxygen atoms in total. The van der Waals surface area contributed by atoms with Crippen molar-refractivity contribution in [2.24, 2.45) is 0 Å². The highest BCUT2D eigenvalue weighted by molar-refractivity contribution is 7.13. The van der Waals surface area contributed by atoms with Gasteiger partial charge in [-0.05, 0) is 31.0 Å². The molecule has 0 radical (unpaired) electrons. The van der Waals surface area contributed by atoms with Crippen LogP contribution in [0.1, 0.15) is 12.8 Å². The summed E-state index contributed by atoms with van der Waals surface area (Å²) in [5, 5.41) is 20.9. The van der Waals surface area contributed by atoms with Gasteiger partial charge in [-0.1, -0.05) is 0 Å². The zero-order valence-electron chi connectivity index (χ0n) is 15.1. The molecular weight excluding hydrogens is 374 g/mol. The Hall–Kier alpha value is -3.04. The lowest BCUT2D eigenvalue weighted by molar-refractivity contribution is 0.154. The molecule has 1 saturated heterocycles. The second kappa shape index (κ2) is 7.17. The summed E-state index contributed by atoms with van der Waals surface area (Å²) in [6, 6.07) is 5.89. The summed E-state index contributed by atoms with van der Waals surface area (Å²) in [7, 11) is 0. The minimum atomic E-state index is -0.301. The van der Waals surface area contributed by atoms with Gasteiger partial charge in [0.05, 0.1) is 35.4 Å². The molecular formula is C19H19N7OS. The highest BCUT2D eigenvalue weighted by atomic mass is 32.1. The van der Waals surface area contributed by atoms with Crippen molar-refractivity contribution in [1.82, 2.24) is 24.6 Å². The third kappa shape index (κ3) is 3.19. The number of β-amino-alcohol motifs (C(OH)–C–C–N with tert-alkyl or cyclic N) is 1. The summed E-state index contributed by atoms with van der Waals surface area (Å²) in [5.74, 6) is 0.611. The minimum absolute atomic E-state index is 0.301. The predicted octanol–water partition coefficient (Wildman–Crippen LogP) is 2.95. The van der Waals surface area contributed by atoms with Gasteiger partial charge >= 0.3 is 0 Å². The molecule has 9 heteroatoms. The number of nitrogens with one attached hydrogen (secondary N) is 1. The van der Waals surface area contributed by atoms with Crippen LogP contribution in [0.5, 0.6) is 0 Å². The van der Waals surface area contributed by atoms with Crippen LogP contribution >= 0.6 is 11.3 Å². The fraction of sp³-hybridized carbons (Fsp3) is 0.263. The molecule has 0 amide bonds. The van der Waals surface area contributed by atoms with E-state index in [0.29, 0.717) is 12.5 Å². The lowest BCUT2D eigenvalue weighted by Gasteiger charge is -2.33. The van der Waals surface area contributed by atoms with E-state index in [-0.39, 0.29) is 6.10 Å². The summed E-state index contributed by atoms with van der Waals surface area (Å²) in [5.41, 5.74) is 3.53. The Balaban J connectivity index is 1.50. The molecule has 2 N–H and O–H groups in total. The SMILES string of the molecule is O[C@@H]1CCCN(c2ccncc2Nc2ncc3ccc(-c4nccs4)nn23)C1. The Kier molecular flexibility index (Phi) is 4.38. The Morgan fingerprint density at radius 1 is 1.14 bits per heavy atom. The molecule has 1 aliphatic heterocycles. The van der Waals surface area contributed by atoms with Gasteiger partial charge in [0, 0.05) is 30.9 Å². The van der Waals surface area contributed by atoms with Gasteiger partial charge in [-0.15, -0.1) is 11.3 Å². The van der Waals surface area contributed by atoms with Gasteiger partial charge in [0.15, 0.2) is 0 Å². The van der Waals surface area contributed by atoms with Crippen LogP contribution in [0, 0.1) is 0 Å². The van der Waals surface area contributed by atoms with Crippen LogP contribution in [0.4, 0.5) is 17.3 Å². The zero-order valence-corrected chi connectivity index (χ0v) is 15.9.